The number of nitrogen functional groups attached to an aromatic ring is 1. The monoisotopic (exact) mass is 263 g/mol. The van der Waals surface area contributed by atoms with E-state index in [2.05, 4.69) is 9.97 Å². The van der Waals surface area contributed by atoms with Gasteiger partial charge in [-0.2, -0.15) is 0 Å². The number of hydrogen-bond donors (Lipinski definition) is 2. The van der Waals surface area contributed by atoms with Crippen LogP contribution in [0.15, 0.2) is 29.3 Å². The van der Waals surface area contributed by atoms with Crippen molar-refractivity contribution in [1.82, 2.24) is 9.97 Å². The highest BCUT2D eigenvalue weighted by molar-refractivity contribution is 5.49. The third-order valence-corrected chi connectivity index (χ3v) is 2.39. The number of ether oxygens (including phenoxy) is 3. The lowest BCUT2D eigenvalue weighted by atomic mass is 10.3. The Hall–Kier alpha value is -2.70. The number of anilines is 1. The Morgan fingerprint density at radius 2 is 1.68 bits per heavy atom. The topological polar surface area (TPSA) is 99.5 Å². The summed E-state index contributed by atoms with van der Waals surface area (Å²) in [6.45, 7) is 0. The summed E-state index contributed by atoms with van der Waals surface area (Å²) in [6, 6.07) is 4.96. The molecule has 0 aliphatic rings. The fraction of sp³-hybridized carbons (Fsp3) is 0.167. The molecule has 0 radical (unpaired) electrons. The molecule has 7 heteroatoms. The lowest BCUT2D eigenvalue weighted by molar-refractivity contribution is 0.385. The number of rotatable bonds is 4. The van der Waals surface area contributed by atoms with Gasteiger partial charge in [0, 0.05) is 18.2 Å². The quantitative estimate of drug-likeness (QED) is 0.858. The number of aromatic amines is 1. The molecule has 100 valence electrons. The van der Waals surface area contributed by atoms with E-state index in [0.29, 0.717) is 17.2 Å². The van der Waals surface area contributed by atoms with Gasteiger partial charge < -0.3 is 24.9 Å². The molecule has 1 aromatic heterocycles. The summed E-state index contributed by atoms with van der Waals surface area (Å²) in [5.41, 5.74) is 5.03. The van der Waals surface area contributed by atoms with Crippen molar-refractivity contribution >= 4 is 5.69 Å². The van der Waals surface area contributed by atoms with Crippen molar-refractivity contribution in [3.8, 4) is 23.1 Å². The number of aromatic nitrogens is 2. The third kappa shape index (κ3) is 2.76. The summed E-state index contributed by atoms with van der Waals surface area (Å²) in [5.74, 6) is 1.54. The van der Waals surface area contributed by atoms with Crippen LogP contribution in [0.5, 0.6) is 23.1 Å². The van der Waals surface area contributed by atoms with Crippen LogP contribution < -0.4 is 25.5 Å². The number of benzene rings is 1. The maximum atomic E-state index is 11.3. The molecule has 0 unspecified atom stereocenters. The van der Waals surface area contributed by atoms with E-state index in [0.717, 1.165) is 0 Å². The molecule has 1 aromatic carbocycles. The highest BCUT2D eigenvalue weighted by Crippen LogP contribution is 2.30. The molecule has 0 aliphatic heterocycles. The predicted octanol–water partition coefficient (Wildman–Crippen LogP) is 1.16. The molecular weight excluding hydrogens is 250 g/mol. The molecule has 3 N–H and O–H groups in total. The summed E-state index contributed by atoms with van der Waals surface area (Å²) in [6.07, 6.45) is 1.21. The number of nitrogens with zero attached hydrogens (tertiary/aromatic N) is 1. The lowest BCUT2D eigenvalue weighted by Gasteiger charge is -2.09. The Kier molecular flexibility index (Phi) is 3.56. The zero-order valence-electron chi connectivity index (χ0n) is 10.5. The van der Waals surface area contributed by atoms with E-state index in [9.17, 15) is 4.79 Å². The Morgan fingerprint density at radius 3 is 2.26 bits per heavy atom. The van der Waals surface area contributed by atoms with Crippen LogP contribution in [0.3, 0.4) is 0 Å². The SMILES string of the molecule is COc1cc(OC)cc(Oc2nc[nH]c(=O)c2N)c1. The normalized spacial score (nSPS) is 10.0. The van der Waals surface area contributed by atoms with Crippen molar-refractivity contribution in [3.05, 3.63) is 34.9 Å². The maximum absolute atomic E-state index is 11.3. The first kappa shape index (κ1) is 12.7. The van der Waals surface area contributed by atoms with Gasteiger partial charge in [-0.05, 0) is 0 Å². The fourth-order valence-corrected chi connectivity index (χ4v) is 1.43. The van der Waals surface area contributed by atoms with E-state index in [1.54, 1.807) is 18.2 Å². The smallest absolute Gasteiger partial charge is 0.277 e. The second kappa shape index (κ2) is 5.30. The average Bonchev–Trinajstić information content (AvgIpc) is 2.43. The Bertz CT molecular complexity index is 617. The first-order chi connectivity index (χ1) is 9.13. The Morgan fingerprint density at radius 1 is 1.11 bits per heavy atom. The average molecular weight is 263 g/mol. The van der Waals surface area contributed by atoms with Crippen molar-refractivity contribution in [2.75, 3.05) is 20.0 Å². The zero-order valence-corrected chi connectivity index (χ0v) is 10.5. The van der Waals surface area contributed by atoms with Gasteiger partial charge in [-0.3, -0.25) is 4.79 Å². The number of H-pyrrole nitrogens is 1. The molecule has 1 heterocycles. The van der Waals surface area contributed by atoms with Crippen LogP contribution in [-0.2, 0) is 0 Å². The molecule has 0 amide bonds. The fourth-order valence-electron chi connectivity index (χ4n) is 1.43. The van der Waals surface area contributed by atoms with Crippen LogP contribution in [0.4, 0.5) is 5.69 Å². The van der Waals surface area contributed by atoms with E-state index in [-0.39, 0.29) is 11.6 Å². The van der Waals surface area contributed by atoms with Crippen molar-refractivity contribution in [2.24, 2.45) is 0 Å². The van der Waals surface area contributed by atoms with Crippen LogP contribution in [0.25, 0.3) is 0 Å². The molecular formula is C12H13N3O4. The van der Waals surface area contributed by atoms with Gasteiger partial charge in [-0.15, -0.1) is 0 Å². The largest absolute Gasteiger partial charge is 0.496 e. The molecule has 19 heavy (non-hydrogen) atoms. The number of nitrogens with one attached hydrogen (secondary N) is 1. The van der Waals surface area contributed by atoms with Gasteiger partial charge in [-0.25, -0.2) is 4.98 Å². The first-order valence-corrected chi connectivity index (χ1v) is 5.38. The number of methoxy groups -OCH3 is 2. The summed E-state index contributed by atoms with van der Waals surface area (Å²) in [7, 11) is 3.05. The van der Waals surface area contributed by atoms with Crippen LogP contribution in [0, 0.1) is 0 Å². The third-order valence-electron chi connectivity index (χ3n) is 2.39. The van der Waals surface area contributed by atoms with Gasteiger partial charge in [0.15, 0.2) is 5.69 Å². The van der Waals surface area contributed by atoms with Crippen molar-refractivity contribution in [2.45, 2.75) is 0 Å². The second-order valence-corrected chi connectivity index (χ2v) is 3.60. The minimum Gasteiger partial charge on any atom is -0.496 e. The molecule has 7 nitrogen and oxygen atoms in total. The molecule has 0 fully saturated rings. The number of nitrogens with two attached hydrogens (primary N) is 1. The van der Waals surface area contributed by atoms with Crippen LogP contribution in [0.1, 0.15) is 0 Å². The van der Waals surface area contributed by atoms with E-state index in [1.165, 1.54) is 20.5 Å². The molecule has 0 spiro atoms. The Balaban J connectivity index is 2.37. The molecule has 0 aliphatic carbocycles. The van der Waals surface area contributed by atoms with Gasteiger partial charge in [0.05, 0.1) is 20.5 Å². The molecule has 2 aromatic rings. The molecule has 2 rings (SSSR count). The highest BCUT2D eigenvalue weighted by Gasteiger charge is 2.09. The van der Waals surface area contributed by atoms with E-state index in [4.69, 9.17) is 19.9 Å². The highest BCUT2D eigenvalue weighted by atomic mass is 16.5. The van der Waals surface area contributed by atoms with Gasteiger partial charge in [0.25, 0.3) is 5.56 Å². The van der Waals surface area contributed by atoms with Crippen LogP contribution in [-0.4, -0.2) is 24.2 Å². The van der Waals surface area contributed by atoms with Crippen molar-refractivity contribution < 1.29 is 14.2 Å². The zero-order chi connectivity index (χ0) is 13.8. The molecule has 0 atom stereocenters. The molecule has 0 saturated carbocycles. The second-order valence-electron chi connectivity index (χ2n) is 3.60. The summed E-state index contributed by atoms with van der Waals surface area (Å²) in [5, 5.41) is 0. The summed E-state index contributed by atoms with van der Waals surface area (Å²) >= 11 is 0. The molecule has 0 saturated heterocycles. The van der Waals surface area contributed by atoms with E-state index in [1.807, 2.05) is 0 Å². The first-order valence-electron chi connectivity index (χ1n) is 5.38. The lowest BCUT2D eigenvalue weighted by Crippen LogP contribution is -2.13. The van der Waals surface area contributed by atoms with Crippen molar-refractivity contribution in [3.63, 3.8) is 0 Å². The standard InChI is InChI=1S/C12H13N3O4/c1-17-7-3-8(18-2)5-9(4-7)19-12-10(13)11(16)14-6-15-12/h3-6H,13H2,1-2H3,(H,14,15,16). The van der Waals surface area contributed by atoms with Gasteiger partial charge in [0.2, 0.25) is 5.88 Å². The van der Waals surface area contributed by atoms with Gasteiger partial charge in [0.1, 0.15) is 17.2 Å². The minimum absolute atomic E-state index is 0.0269. The minimum atomic E-state index is -0.458. The van der Waals surface area contributed by atoms with Crippen LogP contribution >= 0.6 is 0 Å². The van der Waals surface area contributed by atoms with E-state index >= 15 is 0 Å². The molecule has 0 bridgehead atoms. The predicted molar refractivity (Wildman–Crippen MR) is 68.9 cm³/mol. The van der Waals surface area contributed by atoms with Crippen LogP contribution in [0.2, 0.25) is 0 Å². The number of hydrogen-bond acceptors (Lipinski definition) is 6. The van der Waals surface area contributed by atoms with Crippen molar-refractivity contribution in [1.29, 1.82) is 0 Å². The van der Waals surface area contributed by atoms with E-state index < -0.39 is 5.56 Å². The van der Waals surface area contributed by atoms with Gasteiger partial charge in [-0.1, -0.05) is 0 Å². The summed E-state index contributed by atoms with van der Waals surface area (Å²) in [4.78, 5) is 17.5. The van der Waals surface area contributed by atoms with Gasteiger partial charge >= 0.3 is 0 Å². The maximum Gasteiger partial charge on any atom is 0.277 e. The Labute approximate surface area is 108 Å². The summed E-state index contributed by atoms with van der Waals surface area (Å²) < 4.78 is 15.7.